The molecular weight excluding hydrogens is 149 g/mol. The fourth-order valence-corrected chi connectivity index (χ4v) is 10.1. The van der Waals surface area contributed by atoms with Gasteiger partial charge in [-0.05, 0) is 0 Å². The van der Waals surface area contributed by atoms with Gasteiger partial charge in [0, 0.05) is 0 Å². The summed E-state index contributed by atoms with van der Waals surface area (Å²) in [6.45, 7) is 14.1. The van der Waals surface area contributed by atoms with Crippen LogP contribution in [0.15, 0.2) is 0 Å². The van der Waals surface area contributed by atoms with Gasteiger partial charge in [-0.2, -0.15) is 0 Å². The van der Waals surface area contributed by atoms with E-state index in [-0.39, 0.29) is 18.9 Å². The maximum Gasteiger partial charge on any atom is 0.109 e. The van der Waals surface area contributed by atoms with Gasteiger partial charge in [-0.25, -0.2) is 0 Å². The van der Waals surface area contributed by atoms with E-state index in [0.29, 0.717) is 0 Å². The third kappa shape index (κ3) is 11.7. The van der Waals surface area contributed by atoms with Crippen LogP contribution in [0.3, 0.4) is 0 Å². The van der Waals surface area contributed by atoms with Crippen molar-refractivity contribution in [3.05, 3.63) is 0 Å². The molecule has 0 spiro atoms. The quantitative estimate of drug-likeness (QED) is 0.621. The molecule has 0 aliphatic rings. The topological polar surface area (TPSA) is 12.0 Å². The van der Waals surface area contributed by atoms with Crippen molar-refractivity contribution in [2.75, 3.05) is 0 Å². The minimum atomic E-state index is -0.981. The monoisotopic (exact) mass is 168 g/mol. The van der Waals surface area contributed by atoms with Gasteiger partial charge in [0.2, 0.25) is 0 Å². The largest absolute Gasteiger partial charge is 1.00 e. The predicted molar refractivity (Wildman–Crippen MR) is 55.6 cm³/mol. The Labute approximate surface area is 79.3 Å². The van der Waals surface area contributed by atoms with E-state index in [1.54, 1.807) is 0 Å². The minimum Gasteiger partial charge on any atom is -1.00 e. The first-order valence-electron chi connectivity index (χ1n) is 3.50. The van der Waals surface area contributed by atoms with E-state index >= 15 is 0 Å². The molecule has 0 heterocycles. The summed E-state index contributed by atoms with van der Waals surface area (Å²) in [4.78, 5) is 0. The molecule has 0 bridgehead atoms. The molecule has 0 saturated heterocycles. The zero-order valence-corrected chi connectivity index (χ0v) is 10.5. The van der Waals surface area contributed by atoms with Crippen LogP contribution in [0.25, 0.3) is 0 Å². The van der Waals surface area contributed by atoms with Crippen molar-refractivity contribution in [3.63, 3.8) is 0 Å². The van der Waals surface area contributed by atoms with Gasteiger partial charge in [0.1, 0.15) is 16.5 Å². The zero-order chi connectivity index (χ0) is 7.71. The van der Waals surface area contributed by atoms with Gasteiger partial charge in [-0.3, -0.25) is 0 Å². The van der Waals surface area contributed by atoms with Crippen molar-refractivity contribution in [2.45, 2.75) is 39.3 Å². The van der Waals surface area contributed by atoms with Crippen LogP contribution in [0.5, 0.6) is 0 Å². The second kappa shape index (κ2) is 4.13. The van der Waals surface area contributed by atoms with Crippen LogP contribution in [-0.2, 0) is 0 Å². The van der Waals surface area contributed by atoms with Crippen molar-refractivity contribution < 1.29 is 0 Å². The summed E-state index contributed by atoms with van der Waals surface area (Å²) in [5, 5.41) is 0. The predicted octanol–water partition coefficient (Wildman–Crippen LogP) is 1.86. The van der Waals surface area contributed by atoms with E-state index in [0.717, 1.165) is 0 Å². The number of hydrogen-bond acceptors (Lipinski definition) is 1. The van der Waals surface area contributed by atoms with Gasteiger partial charge in [0.15, 0.2) is 0 Å². The van der Waals surface area contributed by atoms with Crippen LogP contribution in [0.2, 0.25) is 39.3 Å². The standard InChI is InChI=1S/C6H19NSi2.Li/c1-8(2,3)7-9(4,5)6;/h7H,1-6H3;/q;-1. The fraction of sp³-hybridized carbons (Fsp3) is 1.00. The summed E-state index contributed by atoms with van der Waals surface area (Å²) >= 11 is 0. The van der Waals surface area contributed by atoms with Gasteiger partial charge >= 0.3 is 0 Å². The molecule has 0 aromatic rings. The number of hydrogen-bond donors (Lipinski definition) is 1. The summed E-state index contributed by atoms with van der Waals surface area (Å²) in [6.07, 6.45) is 0. The summed E-state index contributed by atoms with van der Waals surface area (Å²) in [6, 6.07) is 0. The molecule has 2 radical (unpaired) electrons. The molecule has 0 unspecified atom stereocenters. The van der Waals surface area contributed by atoms with E-state index in [1.165, 1.54) is 0 Å². The number of nitrogens with one attached hydrogen (secondary N) is 1. The van der Waals surface area contributed by atoms with Gasteiger partial charge in [0.05, 0.1) is 0 Å². The summed E-state index contributed by atoms with van der Waals surface area (Å²) in [5.41, 5.74) is 0. The Hall–Kier alpha value is 0.991. The Morgan fingerprint density at radius 1 is 0.700 bits per heavy atom. The normalized spacial score (nSPS) is 12.6. The molecule has 0 atom stereocenters. The van der Waals surface area contributed by atoms with Crippen molar-refractivity contribution in [3.8, 4) is 0 Å². The van der Waals surface area contributed by atoms with Crippen LogP contribution in [0.4, 0.5) is 0 Å². The summed E-state index contributed by atoms with van der Waals surface area (Å²) in [5.74, 6) is 0. The molecule has 0 saturated carbocycles. The average Bonchev–Trinajstić information content (AvgIpc) is 1.14. The van der Waals surface area contributed by atoms with Crippen molar-refractivity contribution in [2.24, 2.45) is 0 Å². The molecule has 0 fully saturated rings. The van der Waals surface area contributed by atoms with E-state index in [4.69, 9.17) is 0 Å². The van der Waals surface area contributed by atoms with Crippen LogP contribution in [-0.4, -0.2) is 35.3 Å². The van der Waals surface area contributed by atoms with Gasteiger partial charge < -0.3 is 23.5 Å². The Bertz CT molecular complexity index is 80.9. The number of rotatable bonds is 2. The molecule has 0 aromatic heterocycles. The van der Waals surface area contributed by atoms with Gasteiger partial charge in [-0.1, -0.05) is 39.3 Å². The molecule has 58 valence electrons. The smallest absolute Gasteiger partial charge is 0.109 e. The first-order valence-corrected chi connectivity index (χ1v) is 10.5. The van der Waals surface area contributed by atoms with Crippen LogP contribution in [0.1, 0.15) is 0 Å². The van der Waals surface area contributed by atoms with Crippen molar-refractivity contribution in [1.82, 2.24) is 4.65 Å². The van der Waals surface area contributed by atoms with Gasteiger partial charge in [0.25, 0.3) is 0 Å². The summed E-state index contributed by atoms with van der Waals surface area (Å²) < 4.78 is 3.74. The molecule has 1 nitrogen and oxygen atoms in total. The Kier molecular flexibility index (Phi) is 5.60. The second-order valence-corrected chi connectivity index (χ2v) is 14.6. The maximum absolute atomic E-state index is 3.74. The molecule has 1 N–H and O–H groups in total. The van der Waals surface area contributed by atoms with Crippen LogP contribution < -0.4 is 4.65 Å². The molecule has 0 rings (SSSR count). The van der Waals surface area contributed by atoms with E-state index in [2.05, 4.69) is 43.9 Å². The van der Waals surface area contributed by atoms with Gasteiger partial charge in [-0.15, -0.1) is 0 Å². The third-order valence-corrected chi connectivity index (χ3v) is 6.75. The molecule has 10 heavy (non-hydrogen) atoms. The Morgan fingerprint density at radius 2 is 0.900 bits per heavy atom. The Morgan fingerprint density at radius 3 is 0.900 bits per heavy atom. The molecular formula is C6H19LiNSi2-. The average molecular weight is 168 g/mol. The Balaban J connectivity index is 0. The molecule has 0 aliphatic heterocycles. The van der Waals surface area contributed by atoms with Crippen LogP contribution in [0, 0.1) is 0 Å². The van der Waals surface area contributed by atoms with E-state index < -0.39 is 16.5 Å². The third-order valence-electron chi connectivity index (χ3n) is 0.750. The van der Waals surface area contributed by atoms with E-state index in [1.807, 2.05) is 0 Å². The molecule has 0 aromatic carbocycles. The molecule has 0 amide bonds. The zero-order valence-electron chi connectivity index (χ0n) is 8.50. The second-order valence-electron chi connectivity index (χ2n) is 4.62. The van der Waals surface area contributed by atoms with Crippen molar-refractivity contribution >= 4 is 35.3 Å². The van der Waals surface area contributed by atoms with E-state index in [9.17, 15) is 0 Å². The molecule has 0 aliphatic carbocycles. The summed E-state index contributed by atoms with van der Waals surface area (Å²) in [7, 11) is -1.96. The minimum absolute atomic E-state index is 0. The van der Waals surface area contributed by atoms with Crippen LogP contribution >= 0.6 is 0 Å². The molecule has 4 heteroatoms. The fourth-order valence-electron chi connectivity index (χ4n) is 1.12. The first kappa shape index (κ1) is 13.6. The first-order chi connectivity index (χ1) is 3.71. The maximum atomic E-state index is 3.74. The van der Waals surface area contributed by atoms with Crippen molar-refractivity contribution in [1.29, 1.82) is 0 Å². The SMILES string of the molecule is C[Si](C)(C)N[Si](C)(C)C.[Li-].